The highest BCUT2D eigenvalue weighted by molar-refractivity contribution is 5.86. The first kappa shape index (κ1) is 17.2. The molecule has 19 heavy (non-hydrogen) atoms. The lowest BCUT2D eigenvalue weighted by molar-refractivity contribution is -0.139. The van der Waals surface area contributed by atoms with Gasteiger partial charge in [0.05, 0.1) is 0 Å². The van der Waals surface area contributed by atoms with E-state index in [2.05, 4.69) is 10.6 Å². The quantitative estimate of drug-likeness (QED) is 0.625. The number of carboxylic acid groups (broad SMARTS) is 1. The molecule has 0 spiro atoms. The summed E-state index contributed by atoms with van der Waals surface area (Å²) in [5, 5.41) is 13.9. The van der Waals surface area contributed by atoms with E-state index in [0.717, 1.165) is 0 Å². The fourth-order valence-corrected chi connectivity index (χ4v) is 1.45. The van der Waals surface area contributed by atoms with Crippen LogP contribution in [0.25, 0.3) is 0 Å². The summed E-state index contributed by atoms with van der Waals surface area (Å²) in [6.45, 7) is 7.28. The first-order chi connectivity index (χ1) is 8.81. The maximum atomic E-state index is 11.8. The van der Waals surface area contributed by atoms with Crippen LogP contribution in [0.3, 0.4) is 0 Å². The number of hydrogen-bond donors (Lipinski definition) is 3. The largest absolute Gasteiger partial charge is 0.480 e. The zero-order valence-electron chi connectivity index (χ0n) is 11.9. The first-order valence-electron chi connectivity index (χ1n) is 6.39. The van der Waals surface area contributed by atoms with Crippen LogP contribution < -0.4 is 10.6 Å². The molecular weight excluding hydrogens is 250 g/mol. The van der Waals surface area contributed by atoms with Gasteiger partial charge in [0.15, 0.2) is 0 Å². The molecule has 0 rings (SSSR count). The molecule has 0 aliphatic heterocycles. The van der Waals surface area contributed by atoms with Crippen LogP contribution in [-0.4, -0.2) is 53.1 Å². The molecule has 1 atom stereocenters. The highest BCUT2D eigenvalue weighted by Gasteiger charge is 2.22. The number of urea groups is 1. The molecule has 7 heteroatoms. The lowest BCUT2D eigenvalue weighted by Gasteiger charge is -2.23. The summed E-state index contributed by atoms with van der Waals surface area (Å²) in [7, 11) is 0. The molecule has 3 amide bonds. The topological polar surface area (TPSA) is 98.7 Å². The molecule has 0 bridgehead atoms. The normalized spacial score (nSPS) is 11.8. The number of nitrogens with zero attached hydrogens (tertiary/aromatic N) is 1. The van der Waals surface area contributed by atoms with Crippen molar-refractivity contribution < 1.29 is 19.5 Å². The number of amides is 3. The van der Waals surface area contributed by atoms with Gasteiger partial charge in [-0.2, -0.15) is 0 Å². The van der Waals surface area contributed by atoms with Crippen molar-refractivity contribution in [3.05, 3.63) is 0 Å². The van der Waals surface area contributed by atoms with Crippen LogP contribution in [0.2, 0.25) is 0 Å². The van der Waals surface area contributed by atoms with E-state index in [9.17, 15) is 14.4 Å². The Balaban J connectivity index is 4.47. The third kappa shape index (κ3) is 6.64. The maximum absolute atomic E-state index is 11.8. The van der Waals surface area contributed by atoms with Gasteiger partial charge in [0.1, 0.15) is 12.6 Å². The summed E-state index contributed by atoms with van der Waals surface area (Å²) in [5.41, 5.74) is 0. The van der Waals surface area contributed by atoms with Gasteiger partial charge in [-0.1, -0.05) is 6.92 Å². The molecular formula is C12H23N3O4. The van der Waals surface area contributed by atoms with E-state index in [-0.39, 0.29) is 24.9 Å². The van der Waals surface area contributed by atoms with Crippen LogP contribution in [0, 0.1) is 0 Å². The molecule has 0 unspecified atom stereocenters. The van der Waals surface area contributed by atoms with E-state index in [1.54, 1.807) is 13.8 Å². The van der Waals surface area contributed by atoms with E-state index in [4.69, 9.17) is 5.11 Å². The number of hydrogen-bond acceptors (Lipinski definition) is 3. The van der Waals surface area contributed by atoms with Crippen LogP contribution in [0.1, 0.15) is 34.1 Å². The fraction of sp³-hybridized carbons (Fsp3) is 0.750. The Kier molecular flexibility index (Phi) is 7.55. The van der Waals surface area contributed by atoms with Gasteiger partial charge in [-0.25, -0.2) is 9.59 Å². The molecule has 0 aromatic carbocycles. The fourth-order valence-electron chi connectivity index (χ4n) is 1.45. The minimum atomic E-state index is -1.08. The van der Waals surface area contributed by atoms with E-state index < -0.39 is 18.0 Å². The Hall–Kier alpha value is -1.79. The van der Waals surface area contributed by atoms with Crippen molar-refractivity contribution in [2.75, 3.05) is 13.1 Å². The third-order valence-corrected chi connectivity index (χ3v) is 2.46. The van der Waals surface area contributed by atoms with Gasteiger partial charge in [0, 0.05) is 12.6 Å². The number of likely N-dealkylation sites (N-methyl/N-ethyl adjacent to an activating group) is 1. The predicted octanol–water partition coefficient (Wildman–Crippen LogP) is 0.406. The lowest BCUT2D eigenvalue weighted by Crippen LogP contribution is -2.50. The van der Waals surface area contributed by atoms with Gasteiger partial charge < -0.3 is 20.6 Å². The zero-order valence-corrected chi connectivity index (χ0v) is 11.9. The Morgan fingerprint density at radius 2 is 1.74 bits per heavy atom. The monoisotopic (exact) mass is 273 g/mol. The Morgan fingerprint density at radius 1 is 1.16 bits per heavy atom. The molecule has 0 saturated carbocycles. The molecule has 110 valence electrons. The van der Waals surface area contributed by atoms with Crippen LogP contribution >= 0.6 is 0 Å². The number of carbonyl (C=O) groups excluding carboxylic acids is 2. The smallest absolute Gasteiger partial charge is 0.326 e. The number of carbonyl (C=O) groups is 3. The van der Waals surface area contributed by atoms with Gasteiger partial charge >= 0.3 is 12.0 Å². The minimum Gasteiger partial charge on any atom is -0.480 e. The zero-order chi connectivity index (χ0) is 15.0. The Morgan fingerprint density at radius 3 is 2.11 bits per heavy atom. The number of aliphatic carboxylic acids is 1. The molecule has 0 aliphatic rings. The predicted molar refractivity (Wildman–Crippen MR) is 70.8 cm³/mol. The average Bonchev–Trinajstić information content (AvgIpc) is 2.31. The van der Waals surface area contributed by atoms with Crippen molar-refractivity contribution >= 4 is 17.9 Å². The average molecular weight is 273 g/mol. The molecule has 0 aromatic heterocycles. The summed E-state index contributed by atoms with van der Waals surface area (Å²) >= 11 is 0. The van der Waals surface area contributed by atoms with Crippen LogP contribution in [0.4, 0.5) is 4.79 Å². The van der Waals surface area contributed by atoms with Crippen molar-refractivity contribution in [1.29, 1.82) is 0 Å². The van der Waals surface area contributed by atoms with Gasteiger partial charge in [-0.3, -0.25) is 4.79 Å². The summed E-state index contributed by atoms with van der Waals surface area (Å²) in [5.74, 6) is -1.35. The number of carboxylic acids is 1. The summed E-state index contributed by atoms with van der Waals surface area (Å²) in [6, 6.07) is -1.48. The molecule has 7 nitrogen and oxygen atoms in total. The van der Waals surface area contributed by atoms with Crippen LogP contribution in [0.15, 0.2) is 0 Å². The van der Waals surface area contributed by atoms with Gasteiger partial charge in [-0.05, 0) is 27.2 Å². The van der Waals surface area contributed by atoms with Crippen molar-refractivity contribution in [2.24, 2.45) is 0 Å². The van der Waals surface area contributed by atoms with Gasteiger partial charge in [0.2, 0.25) is 5.91 Å². The second-order valence-corrected chi connectivity index (χ2v) is 4.48. The highest BCUT2D eigenvalue weighted by atomic mass is 16.4. The summed E-state index contributed by atoms with van der Waals surface area (Å²) < 4.78 is 0. The van der Waals surface area contributed by atoms with Gasteiger partial charge in [-0.15, -0.1) is 0 Å². The van der Waals surface area contributed by atoms with Crippen LogP contribution in [0.5, 0.6) is 0 Å². The van der Waals surface area contributed by atoms with E-state index in [0.29, 0.717) is 6.54 Å². The van der Waals surface area contributed by atoms with Crippen molar-refractivity contribution in [3.8, 4) is 0 Å². The van der Waals surface area contributed by atoms with E-state index in [1.165, 1.54) is 4.90 Å². The Bertz CT molecular complexity index is 331. The Labute approximate surface area is 113 Å². The molecule has 0 aromatic rings. The number of rotatable bonds is 7. The summed E-state index contributed by atoms with van der Waals surface area (Å²) in [6.07, 6.45) is 0.289. The molecule has 0 heterocycles. The molecule has 0 saturated heterocycles. The standard InChI is InChI=1S/C12H23N3O4/c1-5-9(11(17)18)14-12(19)15(6-2)7-10(16)13-8(3)4/h8-9H,5-7H2,1-4H3,(H,13,16)(H,14,19)(H,17,18)/t9-/m0/s1. The molecule has 0 fully saturated rings. The second-order valence-electron chi connectivity index (χ2n) is 4.48. The van der Waals surface area contributed by atoms with E-state index in [1.807, 2.05) is 13.8 Å². The van der Waals surface area contributed by atoms with Gasteiger partial charge in [0.25, 0.3) is 0 Å². The number of nitrogens with one attached hydrogen (secondary N) is 2. The second kappa shape index (κ2) is 8.34. The lowest BCUT2D eigenvalue weighted by atomic mass is 10.2. The first-order valence-corrected chi connectivity index (χ1v) is 6.39. The highest BCUT2D eigenvalue weighted by Crippen LogP contribution is 1.96. The van der Waals surface area contributed by atoms with Crippen LogP contribution in [-0.2, 0) is 9.59 Å². The van der Waals surface area contributed by atoms with E-state index >= 15 is 0 Å². The van der Waals surface area contributed by atoms with Crippen molar-refractivity contribution in [2.45, 2.75) is 46.2 Å². The maximum Gasteiger partial charge on any atom is 0.326 e. The van der Waals surface area contributed by atoms with Crippen molar-refractivity contribution in [3.63, 3.8) is 0 Å². The molecule has 0 radical (unpaired) electrons. The SMILES string of the molecule is CC[C@H](NC(=O)N(CC)CC(=O)NC(C)C)C(=O)O. The van der Waals surface area contributed by atoms with Crippen molar-refractivity contribution in [1.82, 2.24) is 15.5 Å². The molecule has 0 aliphatic carbocycles. The third-order valence-electron chi connectivity index (χ3n) is 2.46. The minimum absolute atomic E-state index is 0.00308. The summed E-state index contributed by atoms with van der Waals surface area (Å²) in [4.78, 5) is 35.5. The molecule has 3 N–H and O–H groups in total.